The number of aryl methyl sites for hydroxylation is 1. The number of halogens is 2. The number of rotatable bonds is 6. The van der Waals surface area contributed by atoms with Crippen LogP contribution < -0.4 is 10.6 Å². The summed E-state index contributed by atoms with van der Waals surface area (Å²) in [6.07, 6.45) is 2.08. The highest BCUT2D eigenvalue weighted by Gasteiger charge is 2.10. The molecule has 0 bridgehead atoms. The van der Waals surface area contributed by atoms with Crippen molar-refractivity contribution in [3.05, 3.63) is 63.6 Å². The summed E-state index contributed by atoms with van der Waals surface area (Å²) >= 11 is 11.7. The van der Waals surface area contributed by atoms with Gasteiger partial charge >= 0.3 is 0 Å². The molecular formula is C18H18Cl2N2O2. The molecule has 0 spiro atoms. The molecule has 2 amide bonds. The number of hydrogen-bond donors (Lipinski definition) is 2. The fraction of sp³-hybridized carbons (Fsp3) is 0.222. The van der Waals surface area contributed by atoms with Crippen molar-refractivity contribution in [1.29, 1.82) is 0 Å². The number of anilines is 1. The molecule has 2 aromatic rings. The van der Waals surface area contributed by atoms with E-state index in [1.54, 1.807) is 6.07 Å². The summed E-state index contributed by atoms with van der Waals surface area (Å²) in [5.41, 5.74) is 2.27. The number of amides is 2. The number of carbonyl (C=O) groups is 2. The monoisotopic (exact) mass is 364 g/mol. The lowest BCUT2D eigenvalue weighted by Gasteiger charge is -2.08. The summed E-state index contributed by atoms with van der Waals surface area (Å²) in [7, 11) is 0. The topological polar surface area (TPSA) is 58.2 Å². The molecule has 0 aliphatic carbocycles. The molecule has 24 heavy (non-hydrogen) atoms. The van der Waals surface area contributed by atoms with E-state index in [4.69, 9.17) is 23.2 Å². The molecule has 0 aliphatic heterocycles. The molecule has 2 N–H and O–H groups in total. The van der Waals surface area contributed by atoms with Crippen LogP contribution >= 0.6 is 23.2 Å². The maximum atomic E-state index is 12.0. The zero-order valence-corrected chi connectivity index (χ0v) is 14.7. The molecule has 0 atom stereocenters. The average molecular weight is 365 g/mol. The minimum atomic E-state index is -0.387. The van der Waals surface area contributed by atoms with Gasteiger partial charge in [0.05, 0.1) is 16.6 Å². The molecule has 0 saturated heterocycles. The first kappa shape index (κ1) is 18.3. The van der Waals surface area contributed by atoms with E-state index >= 15 is 0 Å². The molecule has 0 heterocycles. The molecule has 0 radical (unpaired) electrons. The fourth-order valence-electron chi connectivity index (χ4n) is 2.15. The Kier molecular flexibility index (Phi) is 6.64. The number of benzene rings is 2. The third kappa shape index (κ3) is 5.25. The maximum absolute atomic E-state index is 12.0. The van der Waals surface area contributed by atoms with Crippen molar-refractivity contribution >= 4 is 40.7 Å². The van der Waals surface area contributed by atoms with Crippen LogP contribution in [-0.2, 0) is 11.2 Å². The van der Waals surface area contributed by atoms with Crippen molar-refractivity contribution in [1.82, 2.24) is 5.32 Å². The summed E-state index contributed by atoms with van der Waals surface area (Å²) < 4.78 is 0. The summed E-state index contributed by atoms with van der Waals surface area (Å²) in [6, 6.07) is 12.2. The third-order valence-electron chi connectivity index (χ3n) is 3.37. The van der Waals surface area contributed by atoms with Gasteiger partial charge in [0, 0.05) is 11.3 Å². The van der Waals surface area contributed by atoms with Crippen molar-refractivity contribution in [2.45, 2.75) is 19.8 Å². The Hall–Kier alpha value is -2.04. The second-order valence-corrected chi connectivity index (χ2v) is 6.12. The van der Waals surface area contributed by atoms with Crippen LogP contribution in [0.15, 0.2) is 42.5 Å². The highest BCUT2D eigenvalue weighted by atomic mass is 35.5. The summed E-state index contributed by atoms with van der Waals surface area (Å²) in [5.74, 6) is -0.686. The summed E-state index contributed by atoms with van der Waals surface area (Å²) in [4.78, 5) is 23.9. The lowest BCUT2D eigenvalue weighted by atomic mass is 10.1. The van der Waals surface area contributed by atoms with Gasteiger partial charge in [-0.3, -0.25) is 9.59 Å². The lowest BCUT2D eigenvalue weighted by molar-refractivity contribution is -0.115. The van der Waals surface area contributed by atoms with Gasteiger partial charge in [-0.1, -0.05) is 48.7 Å². The lowest BCUT2D eigenvalue weighted by Crippen LogP contribution is -2.32. The molecule has 2 rings (SSSR count). The smallest absolute Gasteiger partial charge is 0.251 e. The van der Waals surface area contributed by atoms with Gasteiger partial charge < -0.3 is 10.6 Å². The highest BCUT2D eigenvalue weighted by molar-refractivity contribution is 6.42. The average Bonchev–Trinajstić information content (AvgIpc) is 2.57. The maximum Gasteiger partial charge on any atom is 0.251 e. The van der Waals surface area contributed by atoms with Crippen molar-refractivity contribution in [2.75, 3.05) is 11.9 Å². The zero-order valence-electron chi connectivity index (χ0n) is 13.2. The SMILES string of the molecule is CCCc1ccc(NC(=O)CNC(=O)c2ccc(Cl)c(Cl)c2)cc1. The van der Waals surface area contributed by atoms with Gasteiger partial charge in [0.25, 0.3) is 5.91 Å². The second kappa shape index (κ2) is 8.71. The van der Waals surface area contributed by atoms with E-state index in [2.05, 4.69) is 17.6 Å². The van der Waals surface area contributed by atoms with Crippen LogP contribution in [-0.4, -0.2) is 18.4 Å². The van der Waals surface area contributed by atoms with Crippen LogP contribution in [0.4, 0.5) is 5.69 Å². The predicted octanol–water partition coefficient (Wildman–Crippen LogP) is 4.31. The van der Waals surface area contributed by atoms with Gasteiger partial charge in [0.15, 0.2) is 0 Å². The van der Waals surface area contributed by atoms with E-state index in [1.165, 1.54) is 17.7 Å². The Morgan fingerprint density at radius 1 is 1.00 bits per heavy atom. The van der Waals surface area contributed by atoms with E-state index in [0.29, 0.717) is 21.3 Å². The first-order valence-corrected chi connectivity index (χ1v) is 8.37. The van der Waals surface area contributed by atoms with E-state index in [1.807, 2.05) is 24.3 Å². The molecular weight excluding hydrogens is 347 g/mol. The van der Waals surface area contributed by atoms with Crippen LogP contribution in [0.5, 0.6) is 0 Å². The Bertz CT molecular complexity index is 730. The fourth-order valence-corrected chi connectivity index (χ4v) is 2.45. The minimum absolute atomic E-state index is 0.129. The van der Waals surface area contributed by atoms with Crippen molar-refractivity contribution < 1.29 is 9.59 Å². The van der Waals surface area contributed by atoms with Crippen LogP contribution in [0, 0.1) is 0 Å². The molecule has 0 aliphatic rings. The predicted molar refractivity (Wildman–Crippen MR) is 97.9 cm³/mol. The van der Waals surface area contributed by atoms with Crippen LogP contribution in [0.3, 0.4) is 0 Å². The Morgan fingerprint density at radius 2 is 1.71 bits per heavy atom. The van der Waals surface area contributed by atoms with Crippen molar-refractivity contribution in [3.8, 4) is 0 Å². The van der Waals surface area contributed by atoms with Gasteiger partial charge in [-0.15, -0.1) is 0 Å². The largest absolute Gasteiger partial charge is 0.343 e. The first-order valence-electron chi connectivity index (χ1n) is 7.61. The van der Waals surface area contributed by atoms with Crippen molar-refractivity contribution in [3.63, 3.8) is 0 Å². The van der Waals surface area contributed by atoms with Crippen LogP contribution in [0.1, 0.15) is 29.3 Å². The Morgan fingerprint density at radius 3 is 2.33 bits per heavy atom. The third-order valence-corrected chi connectivity index (χ3v) is 4.11. The van der Waals surface area contributed by atoms with Gasteiger partial charge in [0.2, 0.25) is 5.91 Å². The van der Waals surface area contributed by atoms with E-state index in [9.17, 15) is 9.59 Å². The Balaban J connectivity index is 1.86. The van der Waals surface area contributed by atoms with Gasteiger partial charge in [-0.2, -0.15) is 0 Å². The molecule has 0 saturated carbocycles. The molecule has 0 unspecified atom stereocenters. The van der Waals surface area contributed by atoms with Crippen LogP contribution in [0.25, 0.3) is 0 Å². The molecule has 6 heteroatoms. The number of nitrogens with one attached hydrogen (secondary N) is 2. The summed E-state index contributed by atoms with van der Waals surface area (Å²) in [5, 5.41) is 5.95. The quantitative estimate of drug-likeness (QED) is 0.801. The Labute approximate surface area is 151 Å². The first-order chi connectivity index (χ1) is 11.5. The highest BCUT2D eigenvalue weighted by Crippen LogP contribution is 2.22. The molecule has 0 fully saturated rings. The molecule has 4 nitrogen and oxygen atoms in total. The normalized spacial score (nSPS) is 10.3. The molecule has 2 aromatic carbocycles. The van der Waals surface area contributed by atoms with Gasteiger partial charge in [-0.05, 0) is 42.3 Å². The summed E-state index contributed by atoms with van der Waals surface area (Å²) in [6.45, 7) is 1.99. The second-order valence-electron chi connectivity index (χ2n) is 5.31. The van der Waals surface area contributed by atoms with Crippen molar-refractivity contribution in [2.24, 2.45) is 0 Å². The number of hydrogen-bond acceptors (Lipinski definition) is 2. The molecule has 126 valence electrons. The standard InChI is InChI=1S/C18H18Cl2N2O2/c1-2-3-12-4-7-14(8-5-12)22-17(23)11-21-18(24)13-6-9-15(19)16(20)10-13/h4-10H,2-3,11H2,1H3,(H,21,24)(H,22,23). The van der Waals surface area contributed by atoms with E-state index in [-0.39, 0.29) is 18.4 Å². The van der Waals surface area contributed by atoms with E-state index < -0.39 is 0 Å². The van der Waals surface area contributed by atoms with Gasteiger partial charge in [0.1, 0.15) is 0 Å². The molecule has 0 aromatic heterocycles. The zero-order chi connectivity index (χ0) is 17.5. The van der Waals surface area contributed by atoms with Gasteiger partial charge in [-0.25, -0.2) is 0 Å². The van der Waals surface area contributed by atoms with E-state index in [0.717, 1.165) is 12.8 Å². The number of carbonyl (C=O) groups excluding carboxylic acids is 2. The van der Waals surface area contributed by atoms with Crippen LogP contribution in [0.2, 0.25) is 10.0 Å². The minimum Gasteiger partial charge on any atom is -0.343 e.